The summed E-state index contributed by atoms with van der Waals surface area (Å²) >= 11 is 3.43. The monoisotopic (exact) mass is 319 g/mol. The van der Waals surface area contributed by atoms with Crippen LogP contribution in [0.1, 0.15) is 21.5 Å². The van der Waals surface area contributed by atoms with E-state index in [0.717, 1.165) is 21.3 Å². The fraction of sp³-hybridized carbons (Fsp3) is 0.133. The topological polar surface area (TPSA) is 49.3 Å². The SMILES string of the molecule is Cc1c(NCc2cccc(Br)c2)cccc1C(=O)O. The Balaban J connectivity index is 2.16. The Morgan fingerprint density at radius 1 is 1.26 bits per heavy atom. The van der Waals surface area contributed by atoms with Crippen molar-refractivity contribution in [2.24, 2.45) is 0 Å². The molecule has 0 aliphatic carbocycles. The van der Waals surface area contributed by atoms with Gasteiger partial charge >= 0.3 is 5.97 Å². The van der Waals surface area contributed by atoms with Crippen LogP contribution in [0.4, 0.5) is 5.69 Å². The van der Waals surface area contributed by atoms with Crippen molar-refractivity contribution in [2.45, 2.75) is 13.5 Å². The van der Waals surface area contributed by atoms with Crippen LogP contribution in [-0.4, -0.2) is 11.1 Å². The molecule has 0 aliphatic rings. The fourth-order valence-electron chi connectivity index (χ4n) is 1.90. The molecule has 0 aliphatic heterocycles. The molecule has 0 radical (unpaired) electrons. The van der Waals surface area contributed by atoms with Crippen LogP contribution >= 0.6 is 15.9 Å². The van der Waals surface area contributed by atoms with Gasteiger partial charge in [-0.15, -0.1) is 0 Å². The van der Waals surface area contributed by atoms with E-state index >= 15 is 0 Å². The second-order valence-electron chi connectivity index (χ2n) is 4.27. The predicted molar refractivity (Wildman–Crippen MR) is 79.6 cm³/mol. The van der Waals surface area contributed by atoms with E-state index in [9.17, 15) is 4.79 Å². The summed E-state index contributed by atoms with van der Waals surface area (Å²) in [6.45, 7) is 2.47. The number of benzene rings is 2. The van der Waals surface area contributed by atoms with Gasteiger partial charge in [-0.05, 0) is 42.3 Å². The molecule has 2 aromatic carbocycles. The summed E-state index contributed by atoms with van der Waals surface area (Å²) in [7, 11) is 0. The van der Waals surface area contributed by atoms with Crippen LogP contribution in [0.3, 0.4) is 0 Å². The molecular formula is C15H14BrNO2. The van der Waals surface area contributed by atoms with Crippen molar-refractivity contribution in [1.29, 1.82) is 0 Å². The van der Waals surface area contributed by atoms with Gasteiger partial charge in [0.05, 0.1) is 5.56 Å². The number of halogens is 1. The minimum absolute atomic E-state index is 0.333. The maximum atomic E-state index is 11.1. The van der Waals surface area contributed by atoms with Crippen molar-refractivity contribution in [1.82, 2.24) is 0 Å². The third-order valence-electron chi connectivity index (χ3n) is 2.94. The first kappa shape index (κ1) is 13.6. The lowest BCUT2D eigenvalue weighted by molar-refractivity contribution is 0.0696. The molecule has 2 rings (SSSR count). The largest absolute Gasteiger partial charge is 0.478 e. The number of rotatable bonds is 4. The van der Waals surface area contributed by atoms with Gasteiger partial charge in [-0.2, -0.15) is 0 Å². The van der Waals surface area contributed by atoms with Crippen LogP contribution in [0.25, 0.3) is 0 Å². The minimum atomic E-state index is -0.899. The molecule has 0 aromatic heterocycles. The number of hydrogen-bond acceptors (Lipinski definition) is 2. The molecule has 2 aromatic rings. The first-order chi connectivity index (χ1) is 9.08. The Hall–Kier alpha value is -1.81. The summed E-state index contributed by atoms with van der Waals surface area (Å²) in [5.74, 6) is -0.899. The fourth-order valence-corrected chi connectivity index (χ4v) is 2.35. The van der Waals surface area contributed by atoms with Gasteiger partial charge in [0.15, 0.2) is 0 Å². The summed E-state index contributed by atoms with van der Waals surface area (Å²) in [4.78, 5) is 11.1. The van der Waals surface area contributed by atoms with Gasteiger partial charge in [0.25, 0.3) is 0 Å². The van der Waals surface area contributed by atoms with Crippen LogP contribution in [0, 0.1) is 6.92 Å². The zero-order valence-electron chi connectivity index (χ0n) is 10.5. The highest BCUT2D eigenvalue weighted by atomic mass is 79.9. The second kappa shape index (κ2) is 5.89. The number of anilines is 1. The zero-order chi connectivity index (χ0) is 13.8. The molecular weight excluding hydrogens is 306 g/mol. The standard InChI is InChI=1S/C15H14BrNO2/c1-10-13(15(18)19)6-3-7-14(10)17-9-11-4-2-5-12(16)8-11/h2-8,17H,9H2,1H3,(H,18,19). The van der Waals surface area contributed by atoms with Crippen LogP contribution in [-0.2, 0) is 6.54 Å². The van der Waals surface area contributed by atoms with Gasteiger partial charge in [0, 0.05) is 16.7 Å². The van der Waals surface area contributed by atoms with E-state index in [1.807, 2.05) is 37.3 Å². The molecule has 4 heteroatoms. The molecule has 0 amide bonds. The molecule has 0 bridgehead atoms. The summed E-state index contributed by atoms with van der Waals surface area (Å²) in [5, 5.41) is 12.3. The number of aromatic carboxylic acids is 1. The number of hydrogen-bond donors (Lipinski definition) is 2. The Labute approximate surface area is 120 Å². The zero-order valence-corrected chi connectivity index (χ0v) is 12.1. The molecule has 0 saturated heterocycles. The molecule has 98 valence electrons. The van der Waals surface area contributed by atoms with Gasteiger partial charge in [-0.25, -0.2) is 4.79 Å². The van der Waals surface area contributed by atoms with Crippen LogP contribution in [0.15, 0.2) is 46.9 Å². The van der Waals surface area contributed by atoms with Gasteiger partial charge in [0.1, 0.15) is 0 Å². The molecule has 0 atom stereocenters. The molecule has 0 unspecified atom stereocenters. The first-order valence-corrected chi connectivity index (χ1v) is 6.68. The first-order valence-electron chi connectivity index (χ1n) is 5.89. The summed E-state index contributed by atoms with van der Waals surface area (Å²) in [6, 6.07) is 13.3. The summed E-state index contributed by atoms with van der Waals surface area (Å²) < 4.78 is 1.03. The quantitative estimate of drug-likeness (QED) is 0.893. The van der Waals surface area contributed by atoms with Crippen LogP contribution < -0.4 is 5.32 Å². The summed E-state index contributed by atoms with van der Waals surface area (Å²) in [6.07, 6.45) is 0. The van der Waals surface area contributed by atoms with Crippen molar-refractivity contribution in [2.75, 3.05) is 5.32 Å². The number of nitrogens with one attached hydrogen (secondary N) is 1. The van der Waals surface area contributed by atoms with Crippen LogP contribution in [0.5, 0.6) is 0 Å². The lowest BCUT2D eigenvalue weighted by Crippen LogP contribution is -2.05. The van der Waals surface area contributed by atoms with E-state index in [0.29, 0.717) is 12.1 Å². The molecule has 2 N–H and O–H groups in total. The molecule has 0 heterocycles. The molecule has 3 nitrogen and oxygen atoms in total. The van der Waals surface area contributed by atoms with Gasteiger partial charge in [-0.1, -0.05) is 34.1 Å². The van der Waals surface area contributed by atoms with Gasteiger partial charge in [0.2, 0.25) is 0 Å². The summed E-state index contributed by atoms with van der Waals surface area (Å²) in [5.41, 5.74) is 3.07. The smallest absolute Gasteiger partial charge is 0.336 e. The van der Waals surface area contributed by atoms with E-state index in [4.69, 9.17) is 5.11 Å². The highest BCUT2D eigenvalue weighted by Gasteiger charge is 2.09. The highest BCUT2D eigenvalue weighted by Crippen LogP contribution is 2.20. The lowest BCUT2D eigenvalue weighted by Gasteiger charge is -2.11. The number of carbonyl (C=O) groups is 1. The Morgan fingerprint density at radius 2 is 2.00 bits per heavy atom. The van der Waals surface area contributed by atoms with Crippen molar-refractivity contribution in [3.05, 3.63) is 63.6 Å². The van der Waals surface area contributed by atoms with Crippen molar-refractivity contribution in [3.63, 3.8) is 0 Å². The van der Waals surface area contributed by atoms with E-state index in [1.165, 1.54) is 0 Å². The Kier molecular flexibility index (Phi) is 4.22. The molecule has 19 heavy (non-hydrogen) atoms. The van der Waals surface area contributed by atoms with Crippen LogP contribution in [0.2, 0.25) is 0 Å². The van der Waals surface area contributed by atoms with Gasteiger partial charge < -0.3 is 10.4 Å². The highest BCUT2D eigenvalue weighted by molar-refractivity contribution is 9.10. The maximum absolute atomic E-state index is 11.1. The van der Waals surface area contributed by atoms with E-state index in [1.54, 1.807) is 12.1 Å². The maximum Gasteiger partial charge on any atom is 0.336 e. The average Bonchev–Trinajstić information content (AvgIpc) is 2.37. The predicted octanol–water partition coefficient (Wildman–Crippen LogP) is 4.07. The average molecular weight is 320 g/mol. The van der Waals surface area contributed by atoms with Crippen molar-refractivity contribution < 1.29 is 9.90 Å². The lowest BCUT2D eigenvalue weighted by atomic mass is 10.1. The number of carboxylic acids is 1. The number of carboxylic acid groups (broad SMARTS) is 1. The molecule has 0 spiro atoms. The van der Waals surface area contributed by atoms with E-state index in [-0.39, 0.29) is 0 Å². The van der Waals surface area contributed by atoms with Crippen molar-refractivity contribution in [3.8, 4) is 0 Å². The Morgan fingerprint density at radius 3 is 2.68 bits per heavy atom. The normalized spacial score (nSPS) is 10.2. The molecule has 0 fully saturated rings. The third-order valence-corrected chi connectivity index (χ3v) is 3.43. The minimum Gasteiger partial charge on any atom is -0.478 e. The van der Waals surface area contributed by atoms with Crippen molar-refractivity contribution >= 4 is 27.6 Å². The molecule has 0 saturated carbocycles. The van der Waals surface area contributed by atoms with E-state index in [2.05, 4.69) is 21.2 Å². The second-order valence-corrected chi connectivity index (χ2v) is 5.18. The Bertz CT molecular complexity index is 611. The van der Waals surface area contributed by atoms with E-state index < -0.39 is 5.97 Å². The van der Waals surface area contributed by atoms with Gasteiger partial charge in [-0.3, -0.25) is 0 Å². The third kappa shape index (κ3) is 3.35.